The molecule has 0 heterocycles. The molecule has 0 saturated heterocycles. The zero-order valence-electron chi connectivity index (χ0n) is 23.5. The smallest absolute Gasteiger partial charge is 0.147 e. The fraction of sp³-hybridized carbons (Fsp3) is 0.649. The summed E-state index contributed by atoms with van der Waals surface area (Å²) in [4.78, 5) is 13.6. The Kier molecular flexibility index (Phi) is 5.72. The van der Waals surface area contributed by atoms with E-state index in [1.807, 2.05) is 0 Å². The monoisotopic (exact) mass is 506 g/mol. The van der Waals surface area contributed by atoms with Crippen molar-refractivity contribution in [3.63, 3.8) is 0 Å². The molecule has 0 radical (unpaired) electrons. The molecule has 1 heteroatoms. The van der Waals surface area contributed by atoms with E-state index in [2.05, 4.69) is 62.4 Å². The van der Waals surface area contributed by atoms with Gasteiger partial charge in [0, 0.05) is 11.8 Å². The van der Waals surface area contributed by atoms with Crippen molar-refractivity contribution in [2.45, 2.75) is 102 Å². The van der Waals surface area contributed by atoms with E-state index in [1.165, 1.54) is 75.3 Å². The highest BCUT2D eigenvalue weighted by Gasteiger charge is 2.49. The van der Waals surface area contributed by atoms with Crippen molar-refractivity contribution in [3.05, 3.63) is 70.8 Å². The average molecular weight is 507 g/mol. The van der Waals surface area contributed by atoms with Crippen LogP contribution in [0.5, 0.6) is 0 Å². The molecule has 0 aliphatic heterocycles. The summed E-state index contributed by atoms with van der Waals surface area (Å²) in [6.07, 6.45) is 14.8. The van der Waals surface area contributed by atoms with Gasteiger partial charge in [-0.2, -0.15) is 0 Å². The van der Waals surface area contributed by atoms with E-state index in [9.17, 15) is 4.79 Å². The van der Waals surface area contributed by atoms with Gasteiger partial charge in [-0.15, -0.1) is 0 Å². The first-order valence-corrected chi connectivity index (χ1v) is 16.2. The lowest BCUT2D eigenvalue weighted by Gasteiger charge is -2.54. The maximum atomic E-state index is 13.6. The molecule has 2 aromatic rings. The van der Waals surface area contributed by atoms with E-state index in [0.717, 1.165) is 59.2 Å². The molecule has 10 rings (SSSR count). The third kappa shape index (κ3) is 3.88. The zero-order chi connectivity index (χ0) is 25.5. The summed E-state index contributed by atoms with van der Waals surface area (Å²) in [7, 11) is 0. The van der Waals surface area contributed by atoms with Crippen LogP contribution < -0.4 is 0 Å². The third-order valence-electron chi connectivity index (χ3n) is 12.9. The number of ketones is 1. The zero-order valence-corrected chi connectivity index (χ0v) is 23.5. The lowest BCUT2D eigenvalue weighted by atomic mass is 9.51. The summed E-state index contributed by atoms with van der Waals surface area (Å²) in [5.41, 5.74) is 5.49. The Labute approximate surface area is 230 Å². The van der Waals surface area contributed by atoms with E-state index in [4.69, 9.17) is 0 Å². The summed E-state index contributed by atoms with van der Waals surface area (Å²) in [6.45, 7) is 4.25. The molecule has 200 valence electrons. The molecule has 0 N–H and O–H groups in total. The van der Waals surface area contributed by atoms with Gasteiger partial charge in [-0.05, 0) is 146 Å². The average Bonchev–Trinajstić information content (AvgIpc) is 2.91. The predicted molar refractivity (Wildman–Crippen MR) is 154 cm³/mol. The number of benzene rings is 2. The fourth-order valence-corrected chi connectivity index (χ4v) is 11.7. The van der Waals surface area contributed by atoms with Crippen LogP contribution in [0.25, 0.3) is 0 Å². The molecule has 2 unspecified atom stereocenters. The lowest BCUT2D eigenvalue weighted by molar-refractivity contribution is -0.121. The number of rotatable bonds is 6. The predicted octanol–water partition coefficient (Wildman–Crippen LogP) is 9.24. The van der Waals surface area contributed by atoms with Crippen LogP contribution in [0.1, 0.15) is 124 Å². The second-order valence-electron chi connectivity index (χ2n) is 15.1. The number of carbonyl (C=O) groups is 1. The Balaban J connectivity index is 0.947. The first kappa shape index (κ1) is 24.0. The second kappa shape index (κ2) is 9.07. The number of Topliss-reactive ketones (excluding diaryl/α,β-unsaturated/α-hetero) is 1. The Bertz CT molecular complexity index is 1040. The fourth-order valence-electron chi connectivity index (χ4n) is 11.7. The molecule has 8 aliphatic rings. The van der Waals surface area contributed by atoms with Gasteiger partial charge in [0.25, 0.3) is 0 Å². The third-order valence-corrected chi connectivity index (χ3v) is 12.9. The van der Waals surface area contributed by atoms with E-state index in [0.29, 0.717) is 5.78 Å². The summed E-state index contributed by atoms with van der Waals surface area (Å²) in [5.74, 6) is 9.54. The normalized spacial score (nSPS) is 41.8. The summed E-state index contributed by atoms with van der Waals surface area (Å²) >= 11 is 0. The van der Waals surface area contributed by atoms with Gasteiger partial charge in [-0.1, -0.05) is 62.4 Å². The van der Waals surface area contributed by atoms with Gasteiger partial charge in [-0.25, -0.2) is 0 Å². The molecule has 8 aliphatic carbocycles. The first-order chi connectivity index (χ1) is 18.5. The number of carbonyl (C=O) groups excluding carboxylic acids is 1. The van der Waals surface area contributed by atoms with Crippen LogP contribution in [-0.4, -0.2) is 5.78 Å². The van der Waals surface area contributed by atoms with Crippen LogP contribution >= 0.6 is 0 Å². The van der Waals surface area contributed by atoms with Crippen molar-refractivity contribution in [1.29, 1.82) is 0 Å². The van der Waals surface area contributed by atoms with Gasteiger partial charge in [0.05, 0.1) is 0 Å². The van der Waals surface area contributed by atoms with Crippen LogP contribution in [0, 0.1) is 47.3 Å². The molecule has 8 fully saturated rings. The minimum absolute atomic E-state index is 0.0540. The molecule has 38 heavy (non-hydrogen) atoms. The van der Waals surface area contributed by atoms with Gasteiger partial charge in [0.2, 0.25) is 0 Å². The molecule has 0 spiro atoms. The minimum atomic E-state index is -0.0540. The molecule has 8 saturated carbocycles. The Hall–Kier alpha value is -1.89. The topological polar surface area (TPSA) is 17.1 Å². The summed E-state index contributed by atoms with van der Waals surface area (Å²) in [6, 6.07) is 18.7. The van der Waals surface area contributed by atoms with Gasteiger partial charge in [0.15, 0.2) is 0 Å². The minimum Gasteiger partial charge on any atom is -0.298 e. The van der Waals surface area contributed by atoms with E-state index in [-0.39, 0.29) is 11.8 Å². The largest absolute Gasteiger partial charge is 0.298 e. The molecule has 0 aromatic heterocycles. The van der Waals surface area contributed by atoms with Crippen LogP contribution in [-0.2, 0) is 4.79 Å². The maximum absolute atomic E-state index is 13.6. The van der Waals surface area contributed by atoms with Crippen molar-refractivity contribution in [2.24, 2.45) is 47.3 Å². The van der Waals surface area contributed by atoms with Crippen LogP contribution in [0.3, 0.4) is 0 Å². The van der Waals surface area contributed by atoms with Gasteiger partial charge >= 0.3 is 0 Å². The second-order valence-corrected chi connectivity index (χ2v) is 15.1. The van der Waals surface area contributed by atoms with Gasteiger partial charge in [0.1, 0.15) is 5.78 Å². The van der Waals surface area contributed by atoms with Crippen LogP contribution in [0.15, 0.2) is 48.5 Å². The molecule has 0 amide bonds. The number of hydrogen-bond acceptors (Lipinski definition) is 1. The van der Waals surface area contributed by atoms with Gasteiger partial charge < -0.3 is 0 Å². The molecule has 2 atom stereocenters. The maximum Gasteiger partial charge on any atom is 0.147 e. The molecule has 8 bridgehead atoms. The summed E-state index contributed by atoms with van der Waals surface area (Å²) < 4.78 is 0. The van der Waals surface area contributed by atoms with Crippen molar-refractivity contribution in [3.8, 4) is 0 Å². The van der Waals surface area contributed by atoms with Crippen molar-refractivity contribution in [1.82, 2.24) is 0 Å². The highest BCUT2D eigenvalue weighted by atomic mass is 16.1. The van der Waals surface area contributed by atoms with Gasteiger partial charge in [-0.3, -0.25) is 4.79 Å². The number of hydrogen-bond donors (Lipinski definition) is 0. The van der Waals surface area contributed by atoms with Crippen molar-refractivity contribution < 1.29 is 4.79 Å². The van der Waals surface area contributed by atoms with E-state index < -0.39 is 0 Å². The molecular formula is C37H46O. The quantitative estimate of drug-likeness (QED) is 0.381. The Morgan fingerprint density at radius 2 is 0.789 bits per heavy atom. The summed E-state index contributed by atoms with van der Waals surface area (Å²) in [5, 5.41) is 0. The van der Waals surface area contributed by atoms with Crippen LogP contribution in [0.2, 0.25) is 0 Å². The highest BCUT2D eigenvalue weighted by molar-refractivity contribution is 5.91. The van der Waals surface area contributed by atoms with Crippen LogP contribution in [0.4, 0.5) is 0 Å². The Morgan fingerprint density at radius 3 is 1.08 bits per heavy atom. The first-order valence-electron chi connectivity index (χ1n) is 16.2. The van der Waals surface area contributed by atoms with E-state index >= 15 is 0 Å². The highest BCUT2D eigenvalue weighted by Crippen LogP contribution is 2.61. The standard InChI is InChI=1S/C37H46O/c1-21(27-3-7-29(8-4-27)35-31-13-23-11-24(15-31)16-32(35)14-23)37(38)22(2)28-5-9-30(10-6-28)36-33-17-25-12-26(19-33)20-34(36)18-25/h3-10,21-26,31-36H,11-20H2,1-2H3. The SMILES string of the molecule is CC(C(=O)C(C)c1ccc(C2C3CC4CC(C3)CC2C4)cc1)c1ccc(C2C3CC4CC(C3)CC2C4)cc1. The molecule has 1 nitrogen and oxygen atoms in total. The lowest BCUT2D eigenvalue weighted by Crippen LogP contribution is -2.43. The van der Waals surface area contributed by atoms with Crippen molar-refractivity contribution >= 4 is 5.78 Å². The Morgan fingerprint density at radius 1 is 0.500 bits per heavy atom. The van der Waals surface area contributed by atoms with E-state index in [1.54, 1.807) is 11.1 Å². The molecular weight excluding hydrogens is 460 g/mol. The van der Waals surface area contributed by atoms with Crippen molar-refractivity contribution in [2.75, 3.05) is 0 Å². The molecule has 2 aromatic carbocycles.